The average Bonchev–Trinajstić information content (AvgIpc) is 2.76. The zero-order valence-corrected chi connectivity index (χ0v) is 20.5. The molecule has 3 aromatic carbocycles. The number of halogens is 2. The topological polar surface area (TPSA) is 75.7 Å². The van der Waals surface area contributed by atoms with E-state index in [4.69, 9.17) is 27.9 Å². The summed E-state index contributed by atoms with van der Waals surface area (Å²) in [5, 5.41) is 3.28. The molecule has 0 unspecified atom stereocenters. The van der Waals surface area contributed by atoms with Gasteiger partial charge in [-0.3, -0.25) is 9.10 Å². The van der Waals surface area contributed by atoms with Gasteiger partial charge in [-0.05, 0) is 48.4 Å². The van der Waals surface area contributed by atoms with Gasteiger partial charge in [-0.2, -0.15) is 0 Å². The normalized spacial score (nSPS) is 11.2. The third kappa shape index (κ3) is 6.63. The van der Waals surface area contributed by atoms with Crippen LogP contribution in [0.25, 0.3) is 0 Å². The lowest BCUT2D eigenvalue weighted by molar-refractivity contribution is 0.0947. The van der Waals surface area contributed by atoms with Crippen molar-refractivity contribution < 1.29 is 17.9 Å². The second-order valence-corrected chi connectivity index (χ2v) is 10.1. The number of carbonyl (C=O) groups is 1. The summed E-state index contributed by atoms with van der Waals surface area (Å²) in [6.07, 6.45) is 1.09. The van der Waals surface area contributed by atoms with Crippen molar-refractivity contribution in [1.29, 1.82) is 0 Å². The minimum atomic E-state index is -3.66. The molecule has 6 nitrogen and oxygen atoms in total. The van der Waals surface area contributed by atoms with E-state index in [9.17, 15) is 13.2 Å². The maximum Gasteiger partial charge on any atom is 0.251 e. The SMILES string of the molecule is Cc1ccccc1OCCNC(=O)c1ccc(CN(c2c(Cl)cccc2Cl)S(C)(=O)=O)cc1. The van der Waals surface area contributed by atoms with Gasteiger partial charge >= 0.3 is 0 Å². The lowest BCUT2D eigenvalue weighted by Gasteiger charge is -2.24. The summed E-state index contributed by atoms with van der Waals surface area (Å²) in [6.45, 7) is 2.67. The Morgan fingerprint density at radius 2 is 1.61 bits per heavy atom. The molecule has 33 heavy (non-hydrogen) atoms. The van der Waals surface area contributed by atoms with Crippen molar-refractivity contribution in [2.24, 2.45) is 0 Å². The fraction of sp³-hybridized carbons (Fsp3) is 0.208. The van der Waals surface area contributed by atoms with Crippen LogP contribution in [0, 0.1) is 6.92 Å². The number of hydrogen-bond acceptors (Lipinski definition) is 4. The first-order valence-electron chi connectivity index (χ1n) is 10.1. The molecule has 0 bridgehead atoms. The van der Waals surface area contributed by atoms with Crippen LogP contribution in [0.5, 0.6) is 5.75 Å². The summed E-state index contributed by atoms with van der Waals surface area (Å²) in [4.78, 5) is 12.4. The number of nitrogens with zero attached hydrogens (tertiary/aromatic N) is 1. The first-order valence-corrected chi connectivity index (χ1v) is 12.7. The summed E-state index contributed by atoms with van der Waals surface area (Å²) in [7, 11) is -3.66. The van der Waals surface area contributed by atoms with E-state index in [1.165, 1.54) is 0 Å². The number of anilines is 1. The van der Waals surface area contributed by atoms with Gasteiger partial charge in [0.25, 0.3) is 5.91 Å². The Hall–Kier alpha value is -2.74. The van der Waals surface area contributed by atoms with Gasteiger partial charge in [-0.25, -0.2) is 8.42 Å². The molecule has 0 aliphatic rings. The van der Waals surface area contributed by atoms with E-state index >= 15 is 0 Å². The predicted octanol–water partition coefficient (Wildman–Crippen LogP) is 5.08. The minimum absolute atomic E-state index is 0.0223. The molecule has 0 radical (unpaired) electrons. The van der Waals surface area contributed by atoms with Crippen LogP contribution < -0.4 is 14.4 Å². The number of nitrogens with one attached hydrogen (secondary N) is 1. The standard InChI is InChI=1S/C24H24Cl2N2O4S/c1-17-6-3-4-9-22(17)32-15-14-27-24(29)19-12-10-18(11-13-19)16-28(33(2,30)31)23-20(25)7-5-8-21(23)26/h3-13H,14-16H2,1-2H3,(H,27,29). The molecule has 0 saturated carbocycles. The summed E-state index contributed by atoms with van der Waals surface area (Å²) in [5.74, 6) is 0.536. The Labute approximate surface area is 204 Å². The first-order chi connectivity index (χ1) is 15.7. The average molecular weight is 507 g/mol. The molecule has 1 N–H and O–H groups in total. The Morgan fingerprint density at radius 1 is 0.970 bits per heavy atom. The fourth-order valence-corrected chi connectivity index (χ4v) is 4.78. The number of aryl methyl sites for hydroxylation is 1. The molecule has 3 rings (SSSR count). The maximum absolute atomic E-state index is 12.4. The van der Waals surface area contributed by atoms with E-state index in [-0.39, 0.29) is 28.2 Å². The molecular weight excluding hydrogens is 483 g/mol. The van der Waals surface area contributed by atoms with E-state index in [2.05, 4.69) is 5.32 Å². The predicted molar refractivity (Wildman–Crippen MR) is 133 cm³/mol. The molecule has 0 aliphatic carbocycles. The smallest absolute Gasteiger partial charge is 0.251 e. The number of ether oxygens (including phenoxy) is 1. The molecule has 0 heterocycles. The highest BCUT2D eigenvalue weighted by Crippen LogP contribution is 2.35. The molecule has 0 atom stereocenters. The Morgan fingerprint density at radius 3 is 2.21 bits per heavy atom. The van der Waals surface area contributed by atoms with Crippen LogP contribution in [0.4, 0.5) is 5.69 Å². The number of amides is 1. The largest absolute Gasteiger partial charge is 0.491 e. The van der Waals surface area contributed by atoms with Crippen molar-refractivity contribution in [1.82, 2.24) is 5.32 Å². The molecule has 9 heteroatoms. The maximum atomic E-state index is 12.4. The van der Waals surface area contributed by atoms with Gasteiger partial charge < -0.3 is 10.1 Å². The van der Waals surface area contributed by atoms with Crippen LogP contribution in [0.15, 0.2) is 66.7 Å². The number of rotatable bonds is 9. The highest BCUT2D eigenvalue weighted by Gasteiger charge is 2.23. The third-order valence-electron chi connectivity index (χ3n) is 4.87. The van der Waals surface area contributed by atoms with Crippen molar-refractivity contribution in [2.75, 3.05) is 23.7 Å². The van der Waals surface area contributed by atoms with E-state index in [1.807, 2.05) is 31.2 Å². The Balaban J connectivity index is 1.62. The van der Waals surface area contributed by atoms with Gasteiger partial charge in [0, 0.05) is 5.56 Å². The third-order valence-corrected chi connectivity index (χ3v) is 6.59. The van der Waals surface area contributed by atoms with Gasteiger partial charge in [0.15, 0.2) is 0 Å². The van der Waals surface area contributed by atoms with Gasteiger partial charge in [-0.15, -0.1) is 0 Å². The number of hydrogen-bond donors (Lipinski definition) is 1. The summed E-state index contributed by atoms with van der Waals surface area (Å²) < 4.78 is 31.7. The zero-order valence-electron chi connectivity index (χ0n) is 18.2. The molecule has 0 saturated heterocycles. The number of benzene rings is 3. The van der Waals surface area contributed by atoms with E-state index < -0.39 is 10.0 Å². The summed E-state index contributed by atoms with van der Waals surface area (Å²) in [6, 6.07) is 19.2. The molecular formula is C24H24Cl2N2O4S. The van der Waals surface area contributed by atoms with Crippen LogP contribution in [0.2, 0.25) is 10.0 Å². The minimum Gasteiger partial charge on any atom is -0.491 e. The molecule has 174 valence electrons. The Bertz CT molecular complexity index is 1210. The van der Waals surface area contributed by atoms with Crippen LogP contribution in [0.1, 0.15) is 21.5 Å². The van der Waals surface area contributed by atoms with Crippen molar-refractivity contribution in [2.45, 2.75) is 13.5 Å². The van der Waals surface area contributed by atoms with Crippen molar-refractivity contribution in [3.63, 3.8) is 0 Å². The van der Waals surface area contributed by atoms with E-state index in [0.717, 1.165) is 21.9 Å². The number of sulfonamides is 1. The van der Waals surface area contributed by atoms with Gasteiger partial charge in [-0.1, -0.05) is 59.6 Å². The quantitative estimate of drug-likeness (QED) is 0.410. The van der Waals surface area contributed by atoms with Crippen LogP contribution in [0.3, 0.4) is 0 Å². The molecule has 0 aliphatic heterocycles. The van der Waals surface area contributed by atoms with Crippen LogP contribution >= 0.6 is 23.2 Å². The lowest BCUT2D eigenvalue weighted by atomic mass is 10.1. The lowest BCUT2D eigenvalue weighted by Crippen LogP contribution is -2.30. The highest BCUT2D eigenvalue weighted by molar-refractivity contribution is 7.92. The van der Waals surface area contributed by atoms with E-state index in [0.29, 0.717) is 24.3 Å². The number of para-hydroxylation sites is 2. The molecule has 0 fully saturated rings. The van der Waals surface area contributed by atoms with Gasteiger partial charge in [0.05, 0.1) is 35.1 Å². The zero-order chi connectivity index (χ0) is 24.0. The van der Waals surface area contributed by atoms with Crippen molar-refractivity contribution >= 4 is 44.8 Å². The molecule has 3 aromatic rings. The first kappa shape index (κ1) is 24.9. The highest BCUT2D eigenvalue weighted by atomic mass is 35.5. The van der Waals surface area contributed by atoms with E-state index in [1.54, 1.807) is 42.5 Å². The summed E-state index contributed by atoms with van der Waals surface area (Å²) >= 11 is 12.4. The monoisotopic (exact) mass is 506 g/mol. The Kier molecular flexibility index (Phi) is 8.24. The van der Waals surface area contributed by atoms with Gasteiger partial charge in [0.2, 0.25) is 10.0 Å². The molecule has 0 aromatic heterocycles. The molecule has 0 spiro atoms. The van der Waals surface area contributed by atoms with Crippen LogP contribution in [-0.2, 0) is 16.6 Å². The summed E-state index contributed by atoms with van der Waals surface area (Å²) in [5.41, 5.74) is 2.38. The fourth-order valence-electron chi connectivity index (χ4n) is 3.16. The van der Waals surface area contributed by atoms with Crippen molar-refractivity contribution in [3.8, 4) is 5.75 Å². The second-order valence-electron chi connectivity index (χ2n) is 7.41. The van der Waals surface area contributed by atoms with Gasteiger partial charge in [0.1, 0.15) is 12.4 Å². The number of carbonyl (C=O) groups excluding carboxylic acids is 1. The van der Waals surface area contributed by atoms with Crippen molar-refractivity contribution in [3.05, 3.63) is 93.5 Å². The molecule has 1 amide bonds. The second kappa shape index (κ2) is 10.9. The van der Waals surface area contributed by atoms with Crippen LogP contribution in [-0.4, -0.2) is 33.7 Å².